The van der Waals surface area contributed by atoms with Crippen LogP contribution in [0.1, 0.15) is 33.2 Å². The molecule has 1 aromatic heterocycles. The highest BCUT2D eigenvalue weighted by Crippen LogP contribution is 2.40. The quantitative estimate of drug-likeness (QED) is 0.494. The van der Waals surface area contributed by atoms with Crippen molar-refractivity contribution in [2.24, 2.45) is 0 Å². The number of amides is 1. The van der Waals surface area contributed by atoms with Crippen LogP contribution in [-0.2, 0) is 6.42 Å². The Labute approximate surface area is 178 Å². The number of hydrogen-bond donors (Lipinski definition) is 1. The fourth-order valence-electron chi connectivity index (χ4n) is 4.39. The predicted molar refractivity (Wildman–Crippen MR) is 114 cm³/mol. The summed E-state index contributed by atoms with van der Waals surface area (Å²) in [6.07, 6.45) is 0.640. The van der Waals surface area contributed by atoms with E-state index in [0.29, 0.717) is 13.0 Å². The SMILES string of the molecule is COc1ccc2[nH]c3c(c2c1)CCN(C(=O)c1cccc(F)c1)[C@H]3c1ccc(F)cc1. The monoisotopic (exact) mass is 418 g/mol. The Morgan fingerprint density at radius 3 is 2.58 bits per heavy atom. The number of aromatic nitrogens is 1. The summed E-state index contributed by atoms with van der Waals surface area (Å²) in [7, 11) is 1.63. The van der Waals surface area contributed by atoms with Gasteiger partial charge in [0.05, 0.1) is 13.2 Å². The number of ether oxygens (including phenoxy) is 1. The van der Waals surface area contributed by atoms with E-state index in [-0.39, 0.29) is 17.3 Å². The molecule has 1 aliphatic rings. The molecule has 0 radical (unpaired) electrons. The molecule has 6 heteroatoms. The maximum Gasteiger partial charge on any atom is 0.254 e. The molecule has 1 amide bonds. The molecule has 0 saturated carbocycles. The first-order valence-electron chi connectivity index (χ1n) is 10.1. The number of methoxy groups -OCH3 is 1. The summed E-state index contributed by atoms with van der Waals surface area (Å²) in [4.78, 5) is 18.6. The zero-order valence-electron chi connectivity index (χ0n) is 16.9. The first kappa shape index (κ1) is 19.3. The molecule has 1 aliphatic heterocycles. The van der Waals surface area contributed by atoms with Gasteiger partial charge in [-0.3, -0.25) is 4.79 Å². The first-order valence-corrected chi connectivity index (χ1v) is 10.1. The largest absolute Gasteiger partial charge is 0.497 e. The van der Waals surface area contributed by atoms with E-state index in [1.54, 1.807) is 30.2 Å². The van der Waals surface area contributed by atoms with Gasteiger partial charge in [-0.25, -0.2) is 8.78 Å². The third-order valence-electron chi connectivity index (χ3n) is 5.85. The highest BCUT2D eigenvalue weighted by Gasteiger charge is 2.35. The number of nitrogens with zero attached hydrogens (tertiary/aromatic N) is 1. The minimum Gasteiger partial charge on any atom is -0.497 e. The Balaban J connectivity index is 1.66. The van der Waals surface area contributed by atoms with Gasteiger partial charge in [0.2, 0.25) is 0 Å². The molecule has 5 rings (SSSR count). The van der Waals surface area contributed by atoms with Gasteiger partial charge in [0.1, 0.15) is 17.4 Å². The minimum atomic E-state index is -0.459. The number of halogens is 2. The number of fused-ring (bicyclic) bond motifs is 3. The summed E-state index contributed by atoms with van der Waals surface area (Å²) in [5.74, 6) is -0.314. The zero-order valence-corrected chi connectivity index (χ0v) is 16.9. The van der Waals surface area contributed by atoms with Gasteiger partial charge in [-0.05, 0) is 66.1 Å². The number of nitrogens with one attached hydrogen (secondary N) is 1. The lowest BCUT2D eigenvalue weighted by molar-refractivity contribution is 0.0691. The first-order chi connectivity index (χ1) is 15.0. The number of carbonyl (C=O) groups is 1. The van der Waals surface area contributed by atoms with Crippen LogP contribution in [0.3, 0.4) is 0 Å². The number of H-pyrrole nitrogens is 1. The van der Waals surface area contributed by atoms with Crippen LogP contribution >= 0.6 is 0 Å². The maximum atomic E-state index is 13.8. The summed E-state index contributed by atoms with van der Waals surface area (Å²) >= 11 is 0. The Bertz CT molecular complexity index is 1280. The van der Waals surface area contributed by atoms with Crippen LogP contribution in [-0.4, -0.2) is 29.4 Å². The molecule has 4 nitrogen and oxygen atoms in total. The number of hydrogen-bond acceptors (Lipinski definition) is 2. The second-order valence-corrected chi connectivity index (χ2v) is 7.64. The van der Waals surface area contributed by atoms with Gasteiger partial charge >= 0.3 is 0 Å². The molecule has 4 aromatic rings. The summed E-state index contributed by atoms with van der Waals surface area (Å²) in [5, 5.41) is 1.04. The normalized spacial score (nSPS) is 15.7. The molecule has 0 aliphatic carbocycles. The molecular formula is C25H20F2N2O2. The van der Waals surface area contributed by atoms with E-state index in [1.807, 2.05) is 18.2 Å². The van der Waals surface area contributed by atoms with Gasteiger partial charge in [0.15, 0.2) is 0 Å². The standard InChI is InChI=1S/C25H20F2N2O2/c1-31-19-9-10-22-21(14-19)20-11-12-29(25(30)16-3-2-4-18(27)13-16)24(23(20)28-22)15-5-7-17(26)8-6-15/h2-10,13-14,24,28H,11-12H2,1H3/t24-/m0/s1. The topological polar surface area (TPSA) is 45.3 Å². The molecule has 31 heavy (non-hydrogen) atoms. The van der Waals surface area contributed by atoms with Gasteiger partial charge in [0, 0.05) is 28.7 Å². The van der Waals surface area contributed by atoms with Crippen LogP contribution < -0.4 is 4.74 Å². The highest BCUT2D eigenvalue weighted by atomic mass is 19.1. The molecule has 1 atom stereocenters. The molecule has 0 bridgehead atoms. The molecule has 0 saturated heterocycles. The fraction of sp³-hybridized carbons (Fsp3) is 0.160. The number of benzene rings is 3. The van der Waals surface area contributed by atoms with E-state index in [2.05, 4.69) is 4.98 Å². The minimum absolute atomic E-state index is 0.268. The average Bonchev–Trinajstić information content (AvgIpc) is 3.16. The smallest absolute Gasteiger partial charge is 0.254 e. The lowest BCUT2D eigenvalue weighted by atomic mass is 9.91. The van der Waals surface area contributed by atoms with Crippen molar-refractivity contribution in [3.8, 4) is 5.75 Å². The number of rotatable bonds is 3. The van der Waals surface area contributed by atoms with Crippen molar-refractivity contribution >= 4 is 16.8 Å². The summed E-state index contributed by atoms with van der Waals surface area (Å²) in [5.41, 5.74) is 3.99. The lowest BCUT2D eigenvalue weighted by Gasteiger charge is -2.36. The van der Waals surface area contributed by atoms with Gasteiger partial charge < -0.3 is 14.6 Å². The van der Waals surface area contributed by atoms with E-state index >= 15 is 0 Å². The fourth-order valence-corrected chi connectivity index (χ4v) is 4.39. The Morgan fingerprint density at radius 2 is 1.84 bits per heavy atom. The van der Waals surface area contributed by atoms with E-state index in [0.717, 1.165) is 33.5 Å². The number of carbonyl (C=O) groups excluding carboxylic acids is 1. The van der Waals surface area contributed by atoms with E-state index in [4.69, 9.17) is 4.74 Å². The van der Waals surface area contributed by atoms with Crippen LogP contribution in [0.5, 0.6) is 5.75 Å². The van der Waals surface area contributed by atoms with Crippen LogP contribution in [0.25, 0.3) is 10.9 Å². The lowest BCUT2D eigenvalue weighted by Crippen LogP contribution is -2.40. The molecule has 3 aromatic carbocycles. The van der Waals surface area contributed by atoms with Crippen molar-refractivity contribution in [3.05, 3.63) is 101 Å². The third kappa shape index (κ3) is 3.34. The highest BCUT2D eigenvalue weighted by molar-refractivity contribution is 5.95. The average molecular weight is 418 g/mol. The molecule has 1 N–H and O–H groups in total. The van der Waals surface area contributed by atoms with Crippen molar-refractivity contribution in [2.45, 2.75) is 12.5 Å². The van der Waals surface area contributed by atoms with Crippen molar-refractivity contribution in [1.82, 2.24) is 9.88 Å². The van der Waals surface area contributed by atoms with Crippen molar-refractivity contribution in [1.29, 1.82) is 0 Å². The van der Waals surface area contributed by atoms with Crippen LogP contribution in [0.4, 0.5) is 8.78 Å². The molecule has 156 valence electrons. The summed E-state index contributed by atoms with van der Waals surface area (Å²) < 4.78 is 32.8. The molecule has 2 heterocycles. The summed E-state index contributed by atoms with van der Waals surface area (Å²) in [6, 6.07) is 17.2. The van der Waals surface area contributed by atoms with Crippen molar-refractivity contribution in [3.63, 3.8) is 0 Å². The Kier molecular flexibility index (Phi) is 4.70. The molecule has 0 spiro atoms. The van der Waals surface area contributed by atoms with Crippen molar-refractivity contribution < 1.29 is 18.3 Å². The molecule has 0 unspecified atom stereocenters. The number of aromatic amines is 1. The van der Waals surface area contributed by atoms with Crippen LogP contribution in [0.15, 0.2) is 66.7 Å². The maximum absolute atomic E-state index is 13.8. The van der Waals surface area contributed by atoms with E-state index in [9.17, 15) is 13.6 Å². The predicted octanol–water partition coefficient (Wildman–Crippen LogP) is 5.24. The van der Waals surface area contributed by atoms with Gasteiger partial charge in [0.25, 0.3) is 5.91 Å². The second-order valence-electron chi connectivity index (χ2n) is 7.64. The van der Waals surface area contributed by atoms with Crippen LogP contribution in [0.2, 0.25) is 0 Å². The Morgan fingerprint density at radius 1 is 1.03 bits per heavy atom. The summed E-state index contributed by atoms with van der Waals surface area (Å²) in [6.45, 7) is 0.453. The molecular weight excluding hydrogens is 398 g/mol. The van der Waals surface area contributed by atoms with E-state index in [1.165, 1.54) is 30.3 Å². The van der Waals surface area contributed by atoms with Gasteiger partial charge in [-0.15, -0.1) is 0 Å². The van der Waals surface area contributed by atoms with Crippen molar-refractivity contribution in [2.75, 3.05) is 13.7 Å². The Hall–Kier alpha value is -3.67. The molecule has 0 fully saturated rings. The second kappa shape index (κ2) is 7.54. The van der Waals surface area contributed by atoms with Gasteiger partial charge in [-0.1, -0.05) is 18.2 Å². The zero-order chi connectivity index (χ0) is 21.5. The van der Waals surface area contributed by atoms with Gasteiger partial charge in [-0.2, -0.15) is 0 Å². The van der Waals surface area contributed by atoms with Crippen LogP contribution in [0, 0.1) is 11.6 Å². The third-order valence-corrected chi connectivity index (χ3v) is 5.85. The van der Waals surface area contributed by atoms with E-state index < -0.39 is 11.9 Å².